The van der Waals surface area contributed by atoms with Crippen molar-refractivity contribution >= 4 is 11.9 Å². The third-order valence-electron chi connectivity index (χ3n) is 5.26. The number of nitrogens with zero attached hydrogens (tertiary/aromatic N) is 2. The molecule has 0 radical (unpaired) electrons. The first-order valence-corrected chi connectivity index (χ1v) is 9.35. The van der Waals surface area contributed by atoms with Gasteiger partial charge in [-0.05, 0) is 47.4 Å². The van der Waals surface area contributed by atoms with Gasteiger partial charge in [0.05, 0.1) is 19.3 Å². The van der Waals surface area contributed by atoms with Crippen LogP contribution < -0.4 is 4.74 Å². The van der Waals surface area contributed by atoms with Gasteiger partial charge in [0.1, 0.15) is 5.75 Å². The summed E-state index contributed by atoms with van der Waals surface area (Å²) in [4.78, 5) is 26.1. The van der Waals surface area contributed by atoms with Crippen LogP contribution in [0.2, 0.25) is 0 Å². The van der Waals surface area contributed by atoms with Crippen LogP contribution in [0.4, 0.5) is 0 Å². The van der Waals surface area contributed by atoms with Crippen LogP contribution in [-0.4, -0.2) is 39.2 Å². The van der Waals surface area contributed by atoms with Gasteiger partial charge in [-0.3, -0.25) is 14.7 Å². The summed E-state index contributed by atoms with van der Waals surface area (Å²) >= 11 is 0. The van der Waals surface area contributed by atoms with Crippen LogP contribution in [0.15, 0.2) is 54.9 Å². The topological polar surface area (TPSA) is 95.5 Å². The molecule has 3 aromatic rings. The summed E-state index contributed by atoms with van der Waals surface area (Å²) in [7, 11) is 1.58. The van der Waals surface area contributed by atoms with Crippen molar-refractivity contribution in [2.24, 2.45) is 0 Å². The summed E-state index contributed by atoms with van der Waals surface area (Å²) in [6.07, 6.45) is 3.85. The van der Waals surface area contributed by atoms with E-state index in [4.69, 9.17) is 4.74 Å². The Kier molecular flexibility index (Phi) is 5.03. The minimum absolute atomic E-state index is 0.0255. The second kappa shape index (κ2) is 7.79. The zero-order valence-corrected chi connectivity index (χ0v) is 16.0. The van der Waals surface area contributed by atoms with Crippen LogP contribution in [0.25, 0.3) is 11.1 Å². The van der Waals surface area contributed by atoms with Gasteiger partial charge in [-0.25, -0.2) is 0 Å². The van der Waals surface area contributed by atoms with Crippen molar-refractivity contribution in [2.75, 3.05) is 7.11 Å². The molecule has 1 amide bonds. The van der Waals surface area contributed by atoms with Crippen molar-refractivity contribution in [3.8, 4) is 16.9 Å². The lowest BCUT2D eigenvalue weighted by molar-refractivity contribution is -0.137. The Labute approximate surface area is 167 Å². The van der Waals surface area contributed by atoms with E-state index in [0.29, 0.717) is 24.3 Å². The van der Waals surface area contributed by atoms with E-state index in [1.807, 2.05) is 48.7 Å². The molecule has 1 aliphatic rings. The van der Waals surface area contributed by atoms with Gasteiger partial charge in [0.15, 0.2) is 0 Å². The first-order valence-electron chi connectivity index (χ1n) is 9.35. The van der Waals surface area contributed by atoms with Crippen molar-refractivity contribution in [1.82, 2.24) is 15.1 Å². The van der Waals surface area contributed by atoms with Gasteiger partial charge >= 0.3 is 5.97 Å². The summed E-state index contributed by atoms with van der Waals surface area (Å²) in [6.45, 7) is 0.432. The molecular formula is C22H21N3O4. The molecule has 4 rings (SSSR count). The zero-order valence-electron chi connectivity index (χ0n) is 16.0. The molecule has 1 atom stereocenters. The van der Waals surface area contributed by atoms with Crippen molar-refractivity contribution in [3.63, 3.8) is 0 Å². The Balaban J connectivity index is 1.67. The van der Waals surface area contributed by atoms with Crippen molar-refractivity contribution < 1.29 is 19.4 Å². The molecule has 0 saturated carbocycles. The molecule has 0 spiro atoms. The van der Waals surface area contributed by atoms with Gasteiger partial charge in [-0.2, -0.15) is 5.10 Å². The number of carboxylic acids is 1. The van der Waals surface area contributed by atoms with Crippen LogP contribution in [0.1, 0.15) is 40.4 Å². The number of H-pyrrole nitrogens is 1. The second-order valence-corrected chi connectivity index (χ2v) is 7.02. The third-order valence-corrected chi connectivity index (χ3v) is 5.26. The van der Waals surface area contributed by atoms with Crippen molar-refractivity contribution in [1.29, 1.82) is 0 Å². The number of hydrogen-bond acceptors (Lipinski definition) is 4. The van der Waals surface area contributed by atoms with Crippen LogP contribution in [0.5, 0.6) is 5.75 Å². The first kappa shape index (κ1) is 18.7. The Morgan fingerprint density at radius 1 is 1.28 bits per heavy atom. The number of hydrogen-bond donors (Lipinski definition) is 2. The van der Waals surface area contributed by atoms with E-state index in [1.165, 1.54) is 0 Å². The number of methoxy groups -OCH3 is 1. The predicted octanol–water partition coefficient (Wildman–Crippen LogP) is 3.65. The number of nitrogens with one attached hydrogen (secondary N) is 1. The molecule has 2 N–H and O–H groups in total. The lowest BCUT2D eigenvalue weighted by atomic mass is 10.00. The maximum atomic E-state index is 13.1. The fourth-order valence-corrected chi connectivity index (χ4v) is 3.79. The number of carbonyl (C=O) groups is 2. The highest BCUT2D eigenvalue weighted by Crippen LogP contribution is 2.36. The van der Waals surface area contributed by atoms with Gasteiger partial charge in [-0.15, -0.1) is 0 Å². The lowest BCUT2D eigenvalue weighted by Gasteiger charge is -2.28. The molecule has 1 aliphatic heterocycles. The number of aromatic amines is 1. The Bertz CT molecular complexity index is 1050. The molecule has 148 valence electrons. The normalized spacial score (nSPS) is 14.0. The summed E-state index contributed by atoms with van der Waals surface area (Å²) in [5.74, 6) is -0.296. The van der Waals surface area contributed by atoms with Gasteiger partial charge in [-0.1, -0.05) is 18.2 Å². The van der Waals surface area contributed by atoms with Crippen molar-refractivity contribution in [3.05, 3.63) is 71.5 Å². The number of carboxylic acid groups (broad SMARTS) is 1. The number of ether oxygens (including phenoxy) is 1. The second-order valence-electron chi connectivity index (χ2n) is 7.02. The van der Waals surface area contributed by atoms with Gasteiger partial charge in [0, 0.05) is 30.3 Å². The minimum Gasteiger partial charge on any atom is -0.497 e. The summed E-state index contributed by atoms with van der Waals surface area (Å²) in [6, 6.07) is 12.8. The SMILES string of the molecule is COc1cccc(C(CCC(=O)O)N2Cc3cc(-c4cn[nH]c4)ccc3C2=O)c1. The van der Waals surface area contributed by atoms with E-state index < -0.39 is 5.97 Å². The summed E-state index contributed by atoms with van der Waals surface area (Å²) < 4.78 is 5.31. The third kappa shape index (κ3) is 3.71. The van der Waals surface area contributed by atoms with Gasteiger partial charge < -0.3 is 14.7 Å². The number of carbonyl (C=O) groups excluding carboxylic acids is 1. The molecule has 1 aromatic heterocycles. The van der Waals surface area contributed by atoms with Crippen LogP contribution >= 0.6 is 0 Å². The van der Waals surface area contributed by atoms with E-state index in [2.05, 4.69) is 10.2 Å². The fourth-order valence-electron chi connectivity index (χ4n) is 3.79. The highest BCUT2D eigenvalue weighted by molar-refractivity contribution is 5.99. The van der Waals surface area contributed by atoms with Gasteiger partial charge in [0.25, 0.3) is 5.91 Å². The maximum Gasteiger partial charge on any atom is 0.303 e. The lowest BCUT2D eigenvalue weighted by Crippen LogP contribution is -2.29. The summed E-state index contributed by atoms with van der Waals surface area (Å²) in [5, 5.41) is 16.0. The average molecular weight is 391 g/mol. The zero-order chi connectivity index (χ0) is 20.4. The van der Waals surface area contributed by atoms with E-state index in [-0.39, 0.29) is 18.4 Å². The largest absolute Gasteiger partial charge is 0.497 e. The molecule has 0 aliphatic carbocycles. The number of aromatic nitrogens is 2. The standard InChI is InChI=1S/C22H21N3O4/c1-29-18-4-2-3-15(10-18)20(7-8-21(26)27)25-13-16-9-14(17-11-23-24-12-17)5-6-19(16)22(25)28/h2-6,9-12,20H,7-8,13H2,1H3,(H,23,24)(H,26,27). The smallest absolute Gasteiger partial charge is 0.303 e. The highest BCUT2D eigenvalue weighted by atomic mass is 16.5. The summed E-state index contributed by atoms with van der Waals surface area (Å²) in [5.41, 5.74) is 4.38. The molecule has 29 heavy (non-hydrogen) atoms. The molecule has 2 heterocycles. The fraction of sp³-hybridized carbons (Fsp3) is 0.227. The number of benzene rings is 2. The molecular weight excluding hydrogens is 370 g/mol. The van der Waals surface area contributed by atoms with E-state index >= 15 is 0 Å². The molecule has 0 bridgehead atoms. The van der Waals surface area contributed by atoms with E-state index in [1.54, 1.807) is 18.2 Å². The Morgan fingerprint density at radius 2 is 2.14 bits per heavy atom. The Hall–Kier alpha value is -3.61. The van der Waals surface area contributed by atoms with Crippen LogP contribution in [0.3, 0.4) is 0 Å². The molecule has 7 heteroatoms. The molecule has 0 fully saturated rings. The molecule has 1 unspecified atom stereocenters. The quantitative estimate of drug-likeness (QED) is 0.641. The molecule has 7 nitrogen and oxygen atoms in total. The maximum absolute atomic E-state index is 13.1. The van der Waals surface area contributed by atoms with Crippen molar-refractivity contribution in [2.45, 2.75) is 25.4 Å². The number of amides is 1. The van der Waals surface area contributed by atoms with E-state index in [9.17, 15) is 14.7 Å². The predicted molar refractivity (Wildman–Crippen MR) is 107 cm³/mol. The van der Waals surface area contributed by atoms with Gasteiger partial charge in [0.2, 0.25) is 0 Å². The van der Waals surface area contributed by atoms with Crippen LogP contribution in [0, 0.1) is 0 Å². The minimum atomic E-state index is -0.885. The first-order chi connectivity index (χ1) is 14.1. The average Bonchev–Trinajstić information content (AvgIpc) is 3.37. The number of rotatable bonds is 7. The van der Waals surface area contributed by atoms with Crippen LogP contribution in [-0.2, 0) is 11.3 Å². The van der Waals surface area contributed by atoms with E-state index in [0.717, 1.165) is 22.3 Å². The Morgan fingerprint density at radius 3 is 2.86 bits per heavy atom. The highest BCUT2D eigenvalue weighted by Gasteiger charge is 2.34. The monoisotopic (exact) mass is 391 g/mol. The number of aliphatic carboxylic acids is 1. The number of fused-ring (bicyclic) bond motifs is 1. The molecule has 0 saturated heterocycles. The molecule has 2 aromatic carbocycles.